The molecule has 6 nitrogen and oxygen atoms in total. The second-order valence-electron chi connectivity index (χ2n) is 7.94. The number of piperidine rings is 1. The van der Waals surface area contributed by atoms with Crippen molar-refractivity contribution < 1.29 is 4.92 Å². The average Bonchev–Trinajstić information content (AvgIpc) is 3.29. The van der Waals surface area contributed by atoms with E-state index in [1.165, 1.54) is 11.3 Å². The zero-order valence-electron chi connectivity index (χ0n) is 16.3. The van der Waals surface area contributed by atoms with Gasteiger partial charge >= 0.3 is 0 Å². The van der Waals surface area contributed by atoms with Gasteiger partial charge in [0, 0.05) is 41.7 Å². The largest absolute Gasteiger partial charge is 0.366 e. The molecule has 0 aliphatic carbocycles. The van der Waals surface area contributed by atoms with Crippen LogP contribution in [0.15, 0.2) is 53.9 Å². The highest BCUT2D eigenvalue weighted by Gasteiger charge is 2.51. The van der Waals surface area contributed by atoms with Crippen LogP contribution in [0.2, 0.25) is 0 Å². The number of anilines is 1. The number of hydrogen-bond acceptors (Lipinski definition) is 6. The van der Waals surface area contributed by atoms with Crippen molar-refractivity contribution in [3.8, 4) is 17.3 Å². The van der Waals surface area contributed by atoms with Gasteiger partial charge in [-0.15, -0.1) is 11.3 Å². The Hall–Kier alpha value is -3.24. The van der Waals surface area contributed by atoms with Gasteiger partial charge in [0.15, 0.2) is 0 Å². The van der Waals surface area contributed by atoms with Crippen LogP contribution >= 0.6 is 11.3 Å². The Kier molecular flexibility index (Phi) is 4.52. The van der Waals surface area contributed by atoms with E-state index in [1.807, 2.05) is 41.8 Å². The first-order valence-electron chi connectivity index (χ1n) is 10.1. The fourth-order valence-electron chi connectivity index (χ4n) is 4.86. The SMILES string of the molecule is N#C[C@]1(c2nc(-c3ccccc3)cs2)Cc2cc([N+](=O)[O-])ccc2N2CCCC[C@H]21. The number of nitro benzene ring substituents is 1. The quantitative estimate of drug-likeness (QED) is 0.438. The topological polar surface area (TPSA) is 83.1 Å². The van der Waals surface area contributed by atoms with Crippen molar-refractivity contribution in [3.63, 3.8) is 0 Å². The number of benzene rings is 2. The lowest BCUT2D eigenvalue weighted by Gasteiger charge is -2.49. The standard InChI is InChI=1S/C23H20N4O2S/c24-15-23(22-25-19(14-30-22)16-6-2-1-3-7-16)13-17-12-18(27(28)29)9-10-20(17)26-11-5-4-8-21(23)26/h1-3,6-7,9-10,12,14,21H,4-5,8,11,13H2/t21-,23+/m0/s1. The van der Waals surface area contributed by atoms with E-state index in [9.17, 15) is 15.4 Å². The normalized spacial score (nSPS) is 22.6. The van der Waals surface area contributed by atoms with Crippen molar-refractivity contribution in [2.24, 2.45) is 0 Å². The van der Waals surface area contributed by atoms with Gasteiger partial charge in [-0.25, -0.2) is 4.98 Å². The van der Waals surface area contributed by atoms with Gasteiger partial charge in [0.05, 0.1) is 22.7 Å². The number of fused-ring (bicyclic) bond motifs is 3. The fourth-order valence-corrected chi connectivity index (χ4v) is 5.89. The summed E-state index contributed by atoms with van der Waals surface area (Å²) in [4.78, 5) is 18.2. The minimum atomic E-state index is -0.805. The first-order valence-corrected chi connectivity index (χ1v) is 11.0. The predicted octanol–water partition coefficient (Wildman–Crippen LogP) is 5.09. The molecular weight excluding hydrogens is 396 g/mol. The van der Waals surface area contributed by atoms with E-state index in [2.05, 4.69) is 11.0 Å². The third-order valence-corrected chi connectivity index (χ3v) is 7.30. The van der Waals surface area contributed by atoms with Gasteiger partial charge < -0.3 is 4.90 Å². The monoisotopic (exact) mass is 416 g/mol. The number of aromatic nitrogens is 1. The van der Waals surface area contributed by atoms with Crippen LogP contribution in [0.1, 0.15) is 29.8 Å². The number of rotatable bonds is 3. The van der Waals surface area contributed by atoms with E-state index in [4.69, 9.17) is 4.98 Å². The first-order chi connectivity index (χ1) is 14.6. The van der Waals surface area contributed by atoms with Gasteiger partial charge in [0.25, 0.3) is 5.69 Å². The molecule has 3 aromatic rings. The molecule has 30 heavy (non-hydrogen) atoms. The molecule has 3 heterocycles. The van der Waals surface area contributed by atoms with Crippen molar-refractivity contribution in [2.45, 2.75) is 37.1 Å². The van der Waals surface area contributed by atoms with Crippen LogP contribution in [-0.2, 0) is 11.8 Å². The van der Waals surface area contributed by atoms with Crippen molar-refractivity contribution >= 4 is 22.7 Å². The lowest BCUT2D eigenvalue weighted by molar-refractivity contribution is -0.384. The minimum absolute atomic E-state index is 0.0278. The molecule has 0 amide bonds. The maximum absolute atomic E-state index is 11.3. The molecule has 0 spiro atoms. The summed E-state index contributed by atoms with van der Waals surface area (Å²) in [5.74, 6) is 0. The molecule has 0 radical (unpaired) electrons. The van der Waals surface area contributed by atoms with E-state index in [1.54, 1.807) is 12.1 Å². The summed E-state index contributed by atoms with van der Waals surface area (Å²) < 4.78 is 0. The third-order valence-electron chi connectivity index (χ3n) is 6.28. The number of nitriles is 1. The van der Waals surface area contributed by atoms with E-state index in [0.717, 1.165) is 53.3 Å². The zero-order chi connectivity index (χ0) is 20.7. The Morgan fingerprint density at radius 1 is 1.23 bits per heavy atom. The second kappa shape index (κ2) is 7.22. The molecular formula is C23H20N4O2S. The summed E-state index contributed by atoms with van der Waals surface area (Å²) in [7, 11) is 0. The van der Waals surface area contributed by atoms with Gasteiger partial charge in [-0.05, 0) is 30.9 Å². The number of thiazole rings is 1. The predicted molar refractivity (Wildman–Crippen MR) is 117 cm³/mol. The molecule has 1 fully saturated rings. The van der Waals surface area contributed by atoms with E-state index >= 15 is 0 Å². The Morgan fingerprint density at radius 2 is 2.07 bits per heavy atom. The Bertz CT molecular complexity index is 1150. The van der Waals surface area contributed by atoms with Crippen LogP contribution in [0.5, 0.6) is 0 Å². The van der Waals surface area contributed by atoms with Crippen LogP contribution < -0.4 is 4.90 Å². The van der Waals surface area contributed by atoms with Gasteiger partial charge in [0.2, 0.25) is 0 Å². The van der Waals surface area contributed by atoms with Crippen LogP contribution in [0, 0.1) is 21.4 Å². The maximum atomic E-state index is 11.3. The summed E-state index contributed by atoms with van der Waals surface area (Å²) in [6.07, 6.45) is 3.50. The molecule has 7 heteroatoms. The molecule has 2 aromatic carbocycles. The lowest BCUT2D eigenvalue weighted by atomic mass is 9.69. The molecule has 0 bridgehead atoms. The van der Waals surface area contributed by atoms with Gasteiger partial charge in [-0.2, -0.15) is 5.26 Å². The molecule has 0 N–H and O–H groups in total. The zero-order valence-corrected chi connectivity index (χ0v) is 17.1. The second-order valence-corrected chi connectivity index (χ2v) is 8.80. The minimum Gasteiger partial charge on any atom is -0.366 e. The highest BCUT2D eigenvalue weighted by Crippen LogP contribution is 2.48. The highest BCUT2D eigenvalue weighted by atomic mass is 32.1. The van der Waals surface area contributed by atoms with Gasteiger partial charge in [-0.3, -0.25) is 10.1 Å². The van der Waals surface area contributed by atoms with E-state index in [-0.39, 0.29) is 16.7 Å². The summed E-state index contributed by atoms with van der Waals surface area (Å²) >= 11 is 1.52. The van der Waals surface area contributed by atoms with E-state index in [0.29, 0.717) is 6.42 Å². The van der Waals surface area contributed by atoms with Crippen molar-refractivity contribution in [2.75, 3.05) is 11.4 Å². The van der Waals surface area contributed by atoms with Crippen LogP contribution in [0.4, 0.5) is 11.4 Å². The molecule has 2 aliphatic heterocycles. The summed E-state index contributed by atoms with van der Waals surface area (Å²) in [5.41, 5.74) is 3.05. The number of non-ortho nitro benzene ring substituents is 1. The first kappa shape index (κ1) is 18.8. The molecule has 0 saturated carbocycles. The lowest BCUT2D eigenvalue weighted by Crippen LogP contribution is -2.56. The van der Waals surface area contributed by atoms with Gasteiger partial charge in [-0.1, -0.05) is 30.3 Å². The van der Waals surface area contributed by atoms with Crippen LogP contribution in [-0.4, -0.2) is 22.5 Å². The fraction of sp³-hybridized carbons (Fsp3) is 0.304. The summed E-state index contributed by atoms with van der Waals surface area (Å²) in [6.45, 7) is 0.857. The van der Waals surface area contributed by atoms with Crippen molar-refractivity contribution in [3.05, 3.63) is 74.6 Å². The number of nitrogens with zero attached hydrogens (tertiary/aromatic N) is 4. The Balaban J connectivity index is 1.64. The molecule has 1 aromatic heterocycles. The van der Waals surface area contributed by atoms with Gasteiger partial charge in [0.1, 0.15) is 10.4 Å². The van der Waals surface area contributed by atoms with Crippen molar-refractivity contribution in [1.82, 2.24) is 4.98 Å². The van der Waals surface area contributed by atoms with E-state index < -0.39 is 5.41 Å². The molecule has 2 atom stereocenters. The Labute approximate surface area is 178 Å². The Morgan fingerprint density at radius 3 is 2.83 bits per heavy atom. The molecule has 5 rings (SSSR count). The summed E-state index contributed by atoms with van der Waals surface area (Å²) in [6, 6.07) is 17.7. The highest BCUT2D eigenvalue weighted by molar-refractivity contribution is 7.10. The van der Waals surface area contributed by atoms with Crippen molar-refractivity contribution in [1.29, 1.82) is 5.26 Å². The number of nitro groups is 1. The molecule has 1 saturated heterocycles. The number of hydrogen-bond donors (Lipinski definition) is 0. The molecule has 0 unspecified atom stereocenters. The van der Waals surface area contributed by atoms with Crippen LogP contribution in [0.3, 0.4) is 0 Å². The average molecular weight is 417 g/mol. The smallest absolute Gasteiger partial charge is 0.269 e. The third kappa shape index (κ3) is 2.87. The maximum Gasteiger partial charge on any atom is 0.269 e. The summed E-state index contributed by atoms with van der Waals surface area (Å²) in [5, 5.41) is 24.6. The molecule has 150 valence electrons. The molecule has 2 aliphatic rings. The van der Waals surface area contributed by atoms with Crippen LogP contribution in [0.25, 0.3) is 11.3 Å².